The van der Waals surface area contributed by atoms with Crippen molar-refractivity contribution in [2.24, 2.45) is 5.92 Å². The van der Waals surface area contributed by atoms with Crippen LogP contribution >= 0.6 is 0 Å². The minimum atomic E-state index is -0.212. The second kappa shape index (κ2) is 7.28. The van der Waals surface area contributed by atoms with Crippen LogP contribution in [0.4, 0.5) is 0 Å². The van der Waals surface area contributed by atoms with E-state index in [9.17, 15) is 0 Å². The van der Waals surface area contributed by atoms with Crippen molar-refractivity contribution in [3.05, 3.63) is 41.7 Å². The summed E-state index contributed by atoms with van der Waals surface area (Å²) in [5.41, 5.74) is 1.96. The molecule has 1 aromatic rings. The lowest BCUT2D eigenvalue weighted by Crippen LogP contribution is -2.55. The van der Waals surface area contributed by atoms with Gasteiger partial charge >= 0.3 is 0 Å². The third-order valence-electron chi connectivity index (χ3n) is 6.41. The Morgan fingerprint density at radius 3 is 2.81 bits per heavy atom. The Morgan fingerprint density at radius 2 is 2.19 bits per heavy atom. The first-order valence-corrected chi connectivity index (χ1v) is 9.98. The lowest BCUT2D eigenvalue weighted by Gasteiger charge is -2.43. The Morgan fingerprint density at radius 1 is 1.37 bits per heavy atom. The van der Waals surface area contributed by atoms with E-state index in [1.54, 1.807) is 13.3 Å². The Bertz CT molecular complexity index is 683. The molecule has 1 aromatic heterocycles. The molecular weight excluding hydrogens is 342 g/mol. The average Bonchev–Trinajstić information content (AvgIpc) is 3.57. The van der Waals surface area contributed by atoms with Gasteiger partial charge in [0.05, 0.1) is 48.7 Å². The molecule has 2 saturated heterocycles. The van der Waals surface area contributed by atoms with Crippen LogP contribution in [-0.4, -0.2) is 48.2 Å². The fraction of sp³-hybridized carbons (Fsp3) is 0.682. The van der Waals surface area contributed by atoms with Crippen molar-refractivity contribution < 1.29 is 18.9 Å². The van der Waals surface area contributed by atoms with Gasteiger partial charge in [0.15, 0.2) is 0 Å². The number of hydrogen-bond donors (Lipinski definition) is 0. The second-order valence-electron chi connectivity index (χ2n) is 8.55. The van der Waals surface area contributed by atoms with Gasteiger partial charge in [0, 0.05) is 13.3 Å². The van der Waals surface area contributed by atoms with Gasteiger partial charge in [-0.2, -0.15) is 0 Å². The van der Waals surface area contributed by atoms with Crippen LogP contribution in [0.2, 0.25) is 0 Å². The molecule has 6 unspecified atom stereocenters. The largest absolute Gasteiger partial charge is 0.378 e. The topological polar surface area (TPSA) is 56.4 Å². The first-order chi connectivity index (χ1) is 13.0. The molecule has 0 radical (unpaired) electrons. The van der Waals surface area contributed by atoms with E-state index in [2.05, 4.69) is 31.8 Å². The van der Waals surface area contributed by atoms with Crippen LogP contribution in [0.5, 0.6) is 0 Å². The van der Waals surface area contributed by atoms with Crippen LogP contribution in [0.25, 0.3) is 0 Å². The molecule has 5 heteroatoms. The number of ether oxygens (including phenoxy) is 4. The molecule has 0 aromatic carbocycles. The maximum atomic E-state index is 6.27. The number of allylic oxidation sites excluding steroid dienone is 1. The first-order valence-electron chi connectivity index (χ1n) is 9.98. The van der Waals surface area contributed by atoms with E-state index in [-0.39, 0.29) is 35.4 Å². The molecule has 148 valence electrons. The number of epoxide rings is 2. The maximum absolute atomic E-state index is 6.27. The first kappa shape index (κ1) is 19.1. The summed E-state index contributed by atoms with van der Waals surface area (Å²) >= 11 is 0. The monoisotopic (exact) mass is 373 g/mol. The minimum absolute atomic E-state index is 0.0296. The summed E-state index contributed by atoms with van der Waals surface area (Å²) in [6.45, 7) is 7.79. The number of aromatic nitrogens is 1. The van der Waals surface area contributed by atoms with Crippen molar-refractivity contribution in [1.82, 2.24) is 4.98 Å². The van der Waals surface area contributed by atoms with Crippen LogP contribution in [0.15, 0.2) is 36.0 Å². The SMILES string of the molecule is COC1C(OCc2ccccn2)CCC2(CO2)C1C1(C)OC1CC=C(C)C. The van der Waals surface area contributed by atoms with Gasteiger partial charge < -0.3 is 18.9 Å². The molecular formula is C22H31NO4. The summed E-state index contributed by atoms with van der Waals surface area (Å²) in [5, 5.41) is 0. The van der Waals surface area contributed by atoms with Crippen LogP contribution in [0, 0.1) is 5.92 Å². The third-order valence-corrected chi connectivity index (χ3v) is 6.41. The number of hydrogen-bond acceptors (Lipinski definition) is 5. The molecule has 2 aliphatic heterocycles. The Hall–Kier alpha value is -1.27. The van der Waals surface area contributed by atoms with Crippen molar-refractivity contribution >= 4 is 0 Å². The molecule has 5 nitrogen and oxygen atoms in total. The standard InChI is InChI=1S/C22H31NO4/c1-15(2)8-9-18-21(3,27-18)20-19(24-4)17(10-11-22(20)14-26-22)25-13-16-7-5-6-12-23-16/h5-8,12,17-20H,9-11,13-14H2,1-4H3. The highest BCUT2D eigenvalue weighted by Gasteiger charge is 2.71. The Kier molecular flexibility index (Phi) is 5.14. The van der Waals surface area contributed by atoms with Crippen LogP contribution in [0.1, 0.15) is 45.7 Å². The van der Waals surface area contributed by atoms with E-state index in [4.69, 9.17) is 18.9 Å². The summed E-state index contributed by atoms with van der Waals surface area (Å²) in [5.74, 6) is 0.188. The van der Waals surface area contributed by atoms with E-state index in [0.717, 1.165) is 31.6 Å². The molecule has 1 spiro atoms. The van der Waals surface area contributed by atoms with Crippen LogP contribution < -0.4 is 0 Å². The van der Waals surface area contributed by atoms with Crippen LogP contribution in [0.3, 0.4) is 0 Å². The van der Waals surface area contributed by atoms with Crippen molar-refractivity contribution in [2.45, 2.75) is 76.2 Å². The number of methoxy groups -OCH3 is 1. The fourth-order valence-electron chi connectivity index (χ4n) is 4.80. The molecule has 0 N–H and O–H groups in total. The zero-order valence-electron chi connectivity index (χ0n) is 16.8. The van der Waals surface area contributed by atoms with Crippen molar-refractivity contribution in [3.63, 3.8) is 0 Å². The fourth-order valence-corrected chi connectivity index (χ4v) is 4.80. The average molecular weight is 373 g/mol. The van der Waals surface area contributed by atoms with Crippen molar-refractivity contribution in [3.8, 4) is 0 Å². The summed E-state index contributed by atoms with van der Waals surface area (Å²) in [6.07, 6.45) is 7.17. The van der Waals surface area contributed by atoms with Crippen molar-refractivity contribution in [1.29, 1.82) is 0 Å². The number of nitrogens with zero attached hydrogens (tertiary/aromatic N) is 1. The van der Waals surface area contributed by atoms with Gasteiger partial charge in [-0.05, 0) is 52.2 Å². The molecule has 6 atom stereocenters. The molecule has 27 heavy (non-hydrogen) atoms. The smallest absolute Gasteiger partial charge is 0.101 e. The molecule has 1 aliphatic carbocycles. The van der Waals surface area contributed by atoms with Gasteiger partial charge in [0.1, 0.15) is 5.60 Å². The van der Waals surface area contributed by atoms with E-state index >= 15 is 0 Å². The molecule has 4 rings (SSSR count). The lowest BCUT2D eigenvalue weighted by atomic mass is 9.68. The zero-order valence-corrected chi connectivity index (χ0v) is 16.8. The van der Waals surface area contributed by atoms with Gasteiger partial charge in [-0.3, -0.25) is 4.98 Å². The zero-order chi connectivity index (χ0) is 19.1. The van der Waals surface area contributed by atoms with Crippen LogP contribution in [-0.2, 0) is 25.6 Å². The van der Waals surface area contributed by atoms with E-state index in [1.807, 2.05) is 18.2 Å². The van der Waals surface area contributed by atoms with Crippen molar-refractivity contribution in [2.75, 3.05) is 13.7 Å². The minimum Gasteiger partial charge on any atom is -0.378 e. The highest BCUT2D eigenvalue weighted by Crippen LogP contribution is 2.59. The van der Waals surface area contributed by atoms with Gasteiger partial charge in [0.25, 0.3) is 0 Å². The molecule has 1 saturated carbocycles. The normalized spacial score (nSPS) is 40.0. The molecule has 3 fully saturated rings. The quantitative estimate of drug-likeness (QED) is 0.539. The summed E-state index contributed by atoms with van der Waals surface area (Å²) < 4.78 is 24.5. The number of rotatable bonds is 7. The predicted octanol–water partition coefficient (Wildman–Crippen LogP) is 3.67. The predicted molar refractivity (Wildman–Crippen MR) is 102 cm³/mol. The van der Waals surface area contributed by atoms with Gasteiger partial charge in [0.2, 0.25) is 0 Å². The van der Waals surface area contributed by atoms with E-state index < -0.39 is 0 Å². The maximum Gasteiger partial charge on any atom is 0.101 e. The third kappa shape index (κ3) is 3.70. The summed E-state index contributed by atoms with van der Waals surface area (Å²) in [7, 11) is 1.78. The Balaban J connectivity index is 1.48. The van der Waals surface area contributed by atoms with Gasteiger partial charge in [-0.15, -0.1) is 0 Å². The van der Waals surface area contributed by atoms with E-state index in [0.29, 0.717) is 6.61 Å². The summed E-state index contributed by atoms with van der Waals surface area (Å²) in [4.78, 5) is 4.37. The number of pyridine rings is 1. The Labute approximate surface area is 162 Å². The van der Waals surface area contributed by atoms with Gasteiger partial charge in [-0.25, -0.2) is 0 Å². The summed E-state index contributed by atoms with van der Waals surface area (Å²) in [6, 6.07) is 5.90. The lowest BCUT2D eigenvalue weighted by molar-refractivity contribution is -0.143. The second-order valence-corrected chi connectivity index (χ2v) is 8.55. The molecule has 0 bridgehead atoms. The van der Waals surface area contributed by atoms with E-state index in [1.165, 1.54) is 5.57 Å². The highest BCUT2D eigenvalue weighted by molar-refractivity contribution is 5.20. The molecule has 3 aliphatic rings. The molecule has 3 heterocycles. The van der Waals surface area contributed by atoms with Gasteiger partial charge in [-0.1, -0.05) is 17.7 Å². The highest BCUT2D eigenvalue weighted by atomic mass is 16.6. The molecule has 0 amide bonds.